The molecule has 0 aromatic heterocycles. The van der Waals surface area contributed by atoms with Crippen LogP contribution in [-0.2, 0) is 9.53 Å². The zero-order valence-electron chi connectivity index (χ0n) is 9.51. The smallest absolute Gasteiger partial charge is 0.317 e. The van der Waals surface area contributed by atoms with Crippen molar-refractivity contribution in [2.45, 2.75) is 13.3 Å². The highest BCUT2D eigenvalue weighted by Gasteiger charge is 1.96. The maximum atomic E-state index is 11.0. The highest BCUT2D eigenvalue weighted by Crippen LogP contribution is 2.01. The van der Waals surface area contributed by atoms with Crippen molar-refractivity contribution in [2.24, 2.45) is 5.16 Å². The van der Waals surface area contributed by atoms with Crippen LogP contribution in [0.15, 0.2) is 29.4 Å². The molecule has 0 amide bonds. The van der Waals surface area contributed by atoms with Gasteiger partial charge in [-0.15, -0.1) is 0 Å². The first-order valence-electron chi connectivity index (χ1n) is 5.18. The van der Waals surface area contributed by atoms with Gasteiger partial charge >= 0.3 is 5.97 Å². The summed E-state index contributed by atoms with van der Waals surface area (Å²) < 4.78 is 4.75. The van der Waals surface area contributed by atoms with E-state index in [1.807, 2.05) is 6.07 Å². The molecule has 0 aliphatic carbocycles. The third kappa shape index (κ3) is 4.85. The molecule has 0 saturated heterocycles. The van der Waals surface area contributed by atoms with E-state index >= 15 is 0 Å². The van der Waals surface area contributed by atoms with E-state index in [1.54, 1.807) is 25.1 Å². The zero-order valence-corrected chi connectivity index (χ0v) is 9.51. The van der Waals surface area contributed by atoms with Crippen LogP contribution in [0.1, 0.15) is 24.5 Å². The minimum absolute atomic E-state index is 0.0756. The van der Waals surface area contributed by atoms with Crippen LogP contribution in [-0.4, -0.2) is 24.0 Å². The van der Waals surface area contributed by atoms with Crippen molar-refractivity contribution in [3.8, 4) is 11.8 Å². The maximum Gasteiger partial charge on any atom is 0.317 e. The molecule has 0 bridgehead atoms. The molecule has 1 rings (SSSR count). The van der Waals surface area contributed by atoms with Gasteiger partial charge in [-0.3, -0.25) is 4.79 Å². The predicted octanol–water partition coefficient (Wildman–Crippen LogP) is 1.80. The Balaban J connectivity index is 2.65. The Morgan fingerprint density at radius 3 is 3.12 bits per heavy atom. The number of hydrogen-bond acceptors (Lipinski definition) is 4. The third-order valence-electron chi connectivity index (χ3n) is 1.86. The van der Waals surface area contributed by atoms with Crippen LogP contribution in [0.4, 0.5) is 0 Å². The second kappa shape index (κ2) is 7.07. The fourth-order valence-corrected chi connectivity index (χ4v) is 1.19. The van der Waals surface area contributed by atoms with Gasteiger partial charge in [-0.2, -0.15) is 0 Å². The summed E-state index contributed by atoms with van der Waals surface area (Å²) in [6, 6.07) is 7.16. The Morgan fingerprint density at radius 1 is 1.59 bits per heavy atom. The van der Waals surface area contributed by atoms with E-state index in [0.717, 1.165) is 11.1 Å². The van der Waals surface area contributed by atoms with Gasteiger partial charge in [-0.1, -0.05) is 29.1 Å². The van der Waals surface area contributed by atoms with Gasteiger partial charge in [0, 0.05) is 5.56 Å². The molecule has 1 N–H and O–H groups in total. The number of benzene rings is 1. The number of oxime groups is 1. The van der Waals surface area contributed by atoms with Crippen LogP contribution in [0.2, 0.25) is 0 Å². The molecule has 4 nitrogen and oxygen atoms in total. The summed E-state index contributed by atoms with van der Waals surface area (Å²) in [6.07, 6.45) is 1.39. The minimum atomic E-state index is -0.326. The standard InChI is InChI=1S/C13H13NO3/c1-2-17-13(15)8-4-6-11-5-3-7-12(9-11)10-14-16/h3,5,7,9-10,16H,2,8H2,1H3. The lowest BCUT2D eigenvalue weighted by Crippen LogP contribution is -2.01. The average molecular weight is 231 g/mol. The Bertz CT molecular complexity index is 469. The van der Waals surface area contributed by atoms with Gasteiger partial charge in [0.25, 0.3) is 0 Å². The number of rotatable bonds is 3. The number of hydrogen-bond donors (Lipinski definition) is 1. The first-order chi connectivity index (χ1) is 8.26. The van der Waals surface area contributed by atoms with E-state index in [1.165, 1.54) is 6.21 Å². The van der Waals surface area contributed by atoms with Gasteiger partial charge in [-0.25, -0.2) is 0 Å². The zero-order chi connectivity index (χ0) is 12.5. The second-order valence-corrected chi connectivity index (χ2v) is 3.15. The van der Waals surface area contributed by atoms with Crippen molar-refractivity contribution in [3.05, 3.63) is 35.4 Å². The van der Waals surface area contributed by atoms with Crippen LogP contribution >= 0.6 is 0 Å². The topological polar surface area (TPSA) is 58.9 Å². The van der Waals surface area contributed by atoms with Crippen molar-refractivity contribution in [3.63, 3.8) is 0 Å². The fraction of sp³-hybridized carbons (Fsp3) is 0.231. The minimum Gasteiger partial charge on any atom is -0.465 e. The van der Waals surface area contributed by atoms with Crippen molar-refractivity contribution < 1.29 is 14.7 Å². The predicted molar refractivity (Wildman–Crippen MR) is 64.0 cm³/mol. The molecule has 0 aliphatic heterocycles. The monoisotopic (exact) mass is 231 g/mol. The number of carbonyl (C=O) groups is 1. The lowest BCUT2D eigenvalue weighted by Gasteiger charge is -1.95. The molecular formula is C13H13NO3. The maximum absolute atomic E-state index is 11.0. The van der Waals surface area contributed by atoms with Gasteiger partial charge in [0.1, 0.15) is 6.42 Å². The molecule has 0 radical (unpaired) electrons. The molecule has 0 atom stereocenters. The molecule has 0 fully saturated rings. The fourth-order valence-electron chi connectivity index (χ4n) is 1.19. The summed E-state index contributed by atoms with van der Waals surface area (Å²) in [5, 5.41) is 11.3. The van der Waals surface area contributed by atoms with E-state index in [-0.39, 0.29) is 12.4 Å². The molecule has 0 saturated carbocycles. The lowest BCUT2D eigenvalue weighted by molar-refractivity contribution is -0.141. The highest BCUT2D eigenvalue weighted by atomic mass is 16.5. The summed E-state index contributed by atoms with van der Waals surface area (Å²) in [5.41, 5.74) is 1.50. The van der Waals surface area contributed by atoms with E-state index in [9.17, 15) is 4.79 Å². The highest BCUT2D eigenvalue weighted by molar-refractivity contribution is 5.79. The number of nitrogens with zero attached hydrogens (tertiary/aromatic N) is 1. The molecule has 0 aliphatic rings. The van der Waals surface area contributed by atoms with E-state index in [2.05, 4.69) is 17.0 Å². The van der Waals surface area contributed by atoms with Crippen molar-refractivity contribution in [1.82, 2.24) is 0 Å². The third-order valence-corrected chi connectivity index (χ3v) is 1.86. The summed E-state index contributed by atoms with van der Waals surface area (Å²) in [6.45, 7) is 2.12. The van der Waals surface area contributed by atoms with Gasteiger partial charge in [0.2, 0.25) is 0 Å². The molecule has 0 heterocycles. The van der Waals surface area contributed by atoms with Gasteiger partial charge in [0.15, 0.2) is 0 Å². The number of carbonyl (C=O) groups excluding carboxylic acids is 1. The van der Waals surface area contributed by atoms with Crippen LogP contribution in [0.3, 0.4) is 0 Å². The van der Waals surface area contributed by atoms with E-state index in [0.29, 0.717) is 6.61 Å². The van der Waals surface area contributed by atoms with E-state index in [4.69, 9.17) is 9.94 Å². The number of ether oxygens (including phenoxy) is 1. The SMILES string of the molecule is CCOC(=O)CC#Cc1cccc(C=NO)c1. The largest absolute Gasteiger partial charge is 0.465 e. The van der Waals surface area contributed by atoms with Crippen molar-refractivity contribution in [2.75, 3.05) is 6.61 Å². The Kier molecular flexibility index (Phi) is 5.32. The molecule has 0 spiro atoms. The van der Waals surface area contributed by atoms with Crippen LogP contribution in [0.25, 0.3) is 0 Å². The summed E-state index contributed by atoms with van der Waals surface area (Å²) >= 11 is 0. The Hall–Kier alpha value is -2.28. The van der Waals surface area contributed by atoms with Crippen molar-refractivity contribution >= 4 is 12.2 Å². The Labute approximate surface area is 99.9 Å². The normalized spacial score (nSPS) is 9.71. The van der Waals surface area contributed by atoms with Crippen LogP contribution in [0.5, 0.6) is 0 Å². The molecule has 1 aromatic carbocycles. The molecule has 17 heavy (non-hydrogen) atoms. The number of esters is 1. The molecule has 1 aromatic rings. The molecular weight excluding hydrogens is 218 g/mol. The van der Waals surface area contributed by atoms with Gasteiger partial charge in [-0.05, 0) is 24.6 Å². The van der Waals surface area contributed by atoms with Gasteiger partial charge < -0.3 is 9.94 Å². The molecule has 88 valence electrons. The quantitative estimate of drug-likeness (QED) is 0.284. The molecule has 0 unspecified atom stereocenters. The van der Waals surface area contributed by atoms with Crippen LogP contribution in [0, 0.1) is 11.8 Å². The lowest BCUT2D eigenvalue weighted by atomic mass is 10.1. The second-order valence-electron chi connectivity index (χ2n) is 3.15. The van der Waals surface area contributed by atoms with E-state index < -0.39 is 0 Å². The Morgan fingerprint density at radius 2 is 2.41 bits per heavy atom. The summed E-state index contributed by atoms with van der Waals surface area (Å²) in [5.74, 6) is 5.24. The summed E-state index contributed by atoms with van der Waals surface area (Å²) in [4.78, 5) is 11.0. The van der Waals surface area contributed by atoms with Crippen molar-refractivity contribution in [1.29, 1.82) is 0 Å². The molecule has 4 heteroatoms. The van der Waals surface area contributed by atoms with Gasteiger partial charge in [0.05, 0.1) is 12.8 Å². The summed E-state index contributed by atoms with van der Waals surface area (Å²) in [7, 11) is 0. The average Bonchev–Trinajstić information content (AvgIpc) is 2.30. The first kappa shape index (κ1) is 12.8. The van der Waals surface area contributed by atoms with Crippen LogP contribution < -0.4 is 0 Å². The first-order valence-corrected chi connectivity index (χ1v) is 5.18.